The molecular weight excluding hydrogens is 296 g/mol. The molecule has 1 N–H and O–H groups in total. The Hall–Kier alpha value is -1.62. The molecule has 0 saturated carbocycles. The average molecular weight is 309 g/mol. The van der Waals surface area contributed by atoms with E-state index in [0.29, 0.717) is 17.9 Å². The Morgan fingerprint density at radius 3 is 2.72 bits per heavy atom. The third-order valence-corrected chi connectivity index (χ3v) is 2.86. The van der Waals surface area contributed by atoms with Gasteiger partial charge in [-0.05, 0) is 37.6 Å². The summed E-state index contributed by atoms with van der Waals surface area (Å²) in [4.78, 5) is 11.9. The summed E-state index contributed by atoms with van der Waals surface area (Å²) in [6.45, 7) is 4.12. The second-order valence-corrected chi connectivity index (χ2v) is 5.05. The number of nitrogens with one attached hydrogen (secondary N) is 1. The van der Waals surface area contributed by atoms with Crippen molar-refractivity contribution in [2.24, 2.45) is 0 Å². The van der Waals surface area contributed by atoms with Crippen molar-refractivity contribution in [2.45, 2.75) is 20.4 Å². The fraction of sp³-hybridized carbons (Fsp3) is 0.231. The Morgan fingerprint density at radius 2 is 2.11 bits per heavy atom. The monoisotopic (exact) mass is 308 g/mol. The third-order valence-electron chi connectivity index (χ3n) is 2.40. The second kappa shape index (κ2) is 5.35. The molecule has 0 fully saturated rings. The lowest BCUT2D eigenvalue weighted by molar-refractivity contribution is 0.0947. The predicted molar refractivity (Wildman–Crippen MR) is 71.3 cm³/mol. The molecule has 0 radical (unpaired) electrons. The van der Waals surface area contributed by atoms with Crippen LogP contribution in [0.4, 0.5) is 0 Å². The highest BCUT2D eigenvalue weighted by atomic mass is 79.9. The molecule has 94 valence electrons. The Bertz CT molecular complexity index is 558. The van der Waals surface area contributed by atoms with Gasteiger partial charge in [0.2, 0.25) is 0 Å². The molecule has 0 saturated heterocycles. The first-order valence-corrected chi connectivity index (χ1v) is 6.31. The largest absolute Gasteiger partial charge is 0.359 e. The van der Waals surface area contributed by atoms with Gasteiger partial charge in [0.1, 0.15) is 0 Å². The van der Waals surface area contributed by atoms with E-state index in [1.165, 1.54) is 0 Å². The molecule has 2 rings (SSSR count). The van der Waals surface area contributed by atoms with Crippen LogP contribution in [0.5, 0.6) is 0 Å². The van der Waals surface area contributed by atoms with Crippen LogP contribution in [0.15, 0.2) is 33.3 Å². The number of amides is 1. The standard InChI is InChI=1S/C13H13BrN2O2/c1-8-3-10(6-11(14)4-8)13(17)15-7-12-5-9(2)16-18-12/h3-6H,7H2,1-2H3,(H,15,17). The molecule has 1 heterocycles. The van der Waals surface area contributed by atoms with Gasteiger partial charge >= 0.3 is 0 Å². The molecule has 1 amide bonds. The van der Waals surface area contributed by atoms with E-state index in [4.69, 9.17) is 4.52 Å². The first-order valence-electron chi connectivity index (χ1n) is 5.52. The summed E-state index contributed by atoms with van der Waals surface area (Å²) in [7, 11) is 0. The van der Waals surface area contributed by atoms with E-state index >= 15 is 0 Å². The van der Waals surface area contributed by atoms with Crippen LogP contribution in [0.3, 0.4) is 0 Å². The van der Waals surface area contributed by atoms with Gasteiger partial charge in [-0.3, -0.25) is 4.79 Å². The molecule has 0 aliphatic rings. The third kappa shape index (κ3) is 3.20. The molecule has 0 spiro atoms. The molecule has 0 unspecified atom stereocenters. The summed E-state index contributed by atoms with van der Waals surface area (Å²) >= 11 is 3.37. The molecule has 0 aliphatic heterocycles. The van der Waals surface area contributed by atoms with Crippen molar-refractivity contribution in [1.29, 1.82) is 0 Å². The summed E-state index contributed by atoms with van der Waals surface area (Å²) in [5, 5.41) is 6.55. The van der Waals surface area contributed by atoms with E-state index in [1.807, 2.05) is 26.0 Å². The maximum absolute atomic E-state index is 11.9. The normalized spacial score (nSPS) is 10.4. The van der Waals surface area contributed by atoms with Crippen molar-refractivity contribution in [3.05, 3.63) is 51.3 Å². The SMILES string of the molecule is Cc1cc(Br)cc(C(=O)NCc2cc(C)no2)c1. The quantitative estimate of drug-likeness (QED) is 0.948. The summed E-state index contributed by atoms with van der Waals surface area (Å²) in [5.74, 6) is 0.515. The van der Waals surface area contributed by atoms with Gasteiger partial charge in [0.15, 0.2) is 5.76 Å². The summed E-state index contributed by atoms with van der Waals surface area (Å²) in [5.41, 5.74) is 2.46. The number of aryl methyl sites for hydroxylation is 2. The minimum absolute atomic E-state index is 0.131. The summed E-state index contributed by atoms with van der Waals surface area (Å²) in [6, 6.07) is 7.38. The van der Waals surface area contributed by atoms with Gasteiger partial charge in [-0.25, -0.2) is 0 Å². The highest BCUT2D eigenvalue weighted by molar-refractivity contribution is 9.10. The van der Waals surface area contributed by atoms with Crippen LogP contribution in [0.2, 0.25) is 0 Å². The lowest BCUT2D eigenvalue weighted by Crippen LogP contribution is -2.22. The Balaban J connectivity index is 2.03. The van der Waals surface area contributed by atoms with Crippen molar-refractivity contribution >= 4 is 21.8 Å². The maximum atomic E-state index is 11.9. The number of halogens is 1. The molecular formula is C13H13BrN2O2. The first kappa shape index (κ1) is 12.8. The molecule has 0 bridgehead atoms. The number of rotatable bonds is 3. The van der Waals surface area contributed by atoms with E-state index in [9.17, 15) is 4.79 Å². The van der Waals surface area contributed by atoms with E-state index in [2.05, 4.69) is 26.4 Å². The number of aromatic nitrogens is 1. The van der Waals surface area contributed by atoms with E-state index in [0.717, 1.165) is 15.7 Å². The van der Waals surface area contributed by atoms with E-state index in [-0.39, 0.29) is 5.91 Å². The lowest BCUT2D eigenvalue weighted by Gasteiger charge is -2.04. The van der Waals surface area contributed by atoms with Crippen LogP contribution in [-0.4, -0.2) is 11.1 Å². The fourth-order valence-electron chi connectivity index (χ4n) is 1.64. The summed E-state index contributed by atoms with van der Waals surface area (Å²) < 4.78 is 5.92. The van der Waals surface area contributed by atoms with Crippen LogP contribution in [0.1, 0.15) is 27.4 Å². The molecule has 1 aromatic carbocycles. The van der Waals surface area contributed by atoms with Crippen LogP contribution in [0.25, 0.3) is 0 Å². The van der Waals surface area contributed by atoms with Crippen molar-refractivity contribution in [3.63, 3.8) is 0 Å². The van der Waals surface area contributed by atoms with Crippen LogP contribution >= 0.6 is 15.9 Å². The zero-order valence-corrected chi connectivity index (χ0v) is 11.7. The number of benzene rings is 1. The first-order chi connectivity index (χ1) is 8.54. The van der Waals surface area contributed by atoms with Gasteiger partial charge in [-0.2, -0.15) is 0 Å². The zero-order chi connectivity index (χ0) is 13.1. The Kier molecular flexibility index (Phi) is 3.81. The summed E-state index contributed by atoms with van der Waals surface area (Å²) in [6.07, 6.45) is 0. The Morgan fingerprint density at radius 1 is 1.33 bits per heavy atom. The van der Waals surface area contributed by atoms with Gasteiger partial charge in [-0.15, -0.1) is 0 Å². The minimum atomic E-state index is -0.131. The predicted octanol–water partition coefficient (Wildman–Crippen LogP) is 2.98. The molecule has 4 nitrogen and oxygen atoms in total. The van der Waals surface area contributed by atoms with Gasteiger partial charge in [0.05, 0.1) is 12.2 Å². The number of hydrogen-bond acceptors (Lipinski definition) is 3. The van der Waals surface area contributed by atoms with Crippen molar-refractivity contribution in [2.75, 3.05) is 0 Å². The smallest absolute Gasteiger partial charge is 0.251 e. The number of carbonyl (C=O) groups excluding carboxylic acids is 1. The second-order valence-electron chi connectivity index (χ2n) is 4.13. The number of nitrogens with zero attached hydrogens (tertiary/aromatic N) is 1. The molecule has 18 heavy (non-hydrogen) atoms. The highest BCUT2D eigenvalue weighted by Gasteiger charge is 2.08. The number of carbonyl (C=O) groups is 1. The van der Waals surface area contributed by atoms with Crippen molar-refractivity contribution in [1.82, 2.24) is 10.5 Å². The molecule has 5 heteroatoms. The van der Waals surface area contributed by atoms with Crippen LogP contribution < -0.4 is 5.32 Å². The van der Waals surface area contributed by atoms with E-state index < -0.39 is 0 Å². The zero-order valence-electron chi connectivity index (χ0n) is 10.2. The molecule has 1 aromatic heterocycles. The molecule has 0 aliphatic carbocycles. The molecule has 0 atom stereocenters. The Labute approximate surface area is 113 Å². The van der Waals surface area contributed by atoms with Gasteiger partial charge in [-0.1, -0.05) is 21.1 Å². The van der Waals surface area contributed by atoms with Crippen molar-refractivity contribution in [3.8, 4) is 0 Å². The minimum Gasteiger partial charge on any atom is -0.359 e. The molecule has 2 aromatic rings. The topological polar surface area (TPSA) is 55.1 Å². The highest BCUT2D eigenvalue weighted by Crippen LogP contribution is 2.15. The van der Waals surface area contributed by atoms with Gasteiger partial charge in [0.25, 0.3) is 5.91 Å². The lowest BCUT2D eigenvalue weighted by atomic mass is 10.1. The fourth-order valence-corrected chi connectivity index (χ4v) is 2.24. The average Bonchev–Trinajstić information content (AvgIpc) is 2.70. The van der Waals surface area contributed by atoms with Crippen LogP contribution in [-0.2, 0) is 6.54 Å². The number of hydrogen-bond donors (Lipinski definition) is 1. The van der Waals surface area contributed by atoms with E-state index in [1.54, 1.807) is 12.1 Å². The van der Waals surface area contributed by atoms with Gasteiger partial charge < -0.3 is 9.84 Å². The maximum Gasteiger partial charge on any atom is 0.251 e. The van der Waals surface area contributed by atoms with Crippen molar-refractivity contribution < 1.29 is 9.32 Å². The van der Waals surface area contributed by atoms with Gasteiger partial charge in [0, 0.05) is 16.1 Å². The van der Waals surface area contributed by atoms with Crippen LogP contribution in [0, 0.1) is 13.8 Å².